The standard InChI is InChI=1S/C10H10O4S/c1-4-3-6(9(11)12)8(15)7(5(4)2)10(13)14/h3,15H,1-2H3,(H,11,12)(H,13,14). The van der Waals surface area contributed by atoms with E-state index in [1.807, 2.05) is 0 Å². The smallest absolute Gasteiger partial charge is 0.337 e. The molecule has 4 nitrogen and oxygen atoms in total. The second-order valence-corrected chi connectivity index (χ2v) is 3.65. The van der Waals surface area contributed by atoms with E-state index in [4.69, 9.17) is 10.2 Å². The summed E-state index contributed by atoms with van der Waals surface area (Å²) in [4.78, 5) is 21.7. The van der Waals surface area contributed by atoms with Crippen LogP contribution in [0.3, 0.4) is 0 Å². The van der Waals surface area contributed by atoms with E-state index in [9.17, 15) is 9.59 Å². The molecule has 5 heteroatoms. The van der Waals surface area contributed by atoms with Crippen LogP contribution in [0.1, 0.15) is 31.8 Å². The van der Waals surface area contributed by atoms with Gasteiger partial charge in [0.1, 0.15) is 0 Å². The topological polar surface area (TPSA) is 74.6 Å². The van der Waals surface area contributed by atoms with Gasteiger partial charge in [-0.2, -0.15) is 0 Å². The van der Waals surface area contributed by atoms with E-state index in [0.29, 0.717) is 11.1 Å². The van der Waals surface area contributed by atoms with Gasteiger partial charge in [0.2, 0.25) is 0 Å². The maximum Gasteiger partial charge on any atom is 0.337 e. The average molecular weight is 226 g/mol. The molecule has 0 bridgehead atoms. The highest BCUT2D eigenvalue weighted by molar-refractivity contribution is 7.80. The molecule has 1 aromatic rings. The molecule has 0 unspecified atom stereocenters. The normalized spacial score (nSPS) is 10.1. The van der Waals surface area contributed by atoms with E-state index in [0.717, 1.165) is 0 Å². The molecule has 0 fully saturated rings. The molecule has 0 saturated heterocycles. The molecule has 1 aromatic carbocycles. The van der Waals surface area contributed by atoms with E-state index < -0.39 is 11.9 Å². The maximum atomic E-state index is 10.9. The first-order valence-corrected chi connectivity index (χ1v) is 4.60. The number of rotatable bonds is 2. The minimum absolute atomic E-state index is 0.00176. The van der Waals surface area contributed by atoms with Gasteiger partial charge in [0, 0.05) is 4.90 Å². The van der Waals surface area contributed by atoms with Crippen LogP contribution in [0.25, 0.3) is 0 Å². The quantitative estimate of drug-likeness (QED) is 0.674. The van der Waals surface area contributed by atoms with Crippen molar-refractivity contribution < 1.29 is 19.8 Å². The van der Waals surface area contributed by atoms with Gasteiger partial charge in [-0.15, -0.1) is 12.6 Å². The molecule has 0 amide bonds. The second-order valence-electron chi connectivity index (χ2n) is 3.20. The van der Waals surface area contributed by atoms with Crippen molar-refractivity contribution >= 4 is 24.6 Å². The van der Waals surface area contributed by atoms with Crippen LogP contribution in [0.2, 0.25) is 0 Å². The van der Waals surface area contributed by atoms with Gasteiger partial charge in [-0.25, -0.2) is 9.59 Å². The molecule has 0 aliphatic carbocycles. The number of aryl methyl sites for hydroxylation is 1. The molecule has 15 heavy (non-hydrogen) atoms. The molecule has 0 heterocycles. The molecule has 0 aromatic heterocycles. The molecule has 0 atom stereocenters. The van der Waals surface area contributed by atoms with E-state index in [1.54, 1.807) is 13.8 Å². The highest BCUT2D eigenvalue weighted by Crippen LogP contribution is 2.25. The zero-order valence-corrected chi connectivity index (χ0v) is 9.13. The van der Waals surface area contributed by atoms with Gasteiger partial charge in [0.25, 0.3) is 0 Å². The SMILES string of the molecule is Cc1cc(C(=O)O)c(S)c(C(=O)O)c1C. The summed E-state index contributed by atoms with van der Waals surface area (Å²) in [6.45, 7) is 3.30. The van der Waals surface area contributed by atoms with Crippen molar-refractivity contribution in [2.24, 2.45) is 0 Å². The molecular formula is C10H10O4S. The van der Waals surface area contributed by atoms with Crippen LogP contribution in [0.15, 0.2) is 11.0 Å². The molecule has 2 N–H and O–H groups in total. The lowest BCUT2D eigenvalue weighted by Gasteiger charge is -2.10. The third-order valence-corrected chi connectivity index (χ3v) is 2.73. The number of aromatic carboxylic acids is 2. The number of carboxylic acid groups (broad SMARTS) is 2. The van der Waals surface area contributed by atoms with Crippen LogP contribution in [0.4, 0.5) is 0 Å². The van der Waals surface area contributed by atoms with Crippen molar-refractivity contribution in [2.45, 2.75) is 18.7 Å². The third-order valence-electron chi connectivity index (χ3n) is 2.26. The summed E-state index contributed by atoms with van der Waals surface area (Å²) < 4.78 is 0. The number of hydrogen-bond acceptors (Lipinski definition) is 3. The average Bonchev–Trinajstić information content (AvgIpc) is 2.10. The Morgan fingerprint density at radius 1 is 1.20 bits per heavy atom. The third kappa shape index (κ3) is 1.97. The Labute approximate surface area is 92.0 Å². The summed E-state index contributed by atoms with van der Waals surface area (Å²) in [5.74, 6) is -2.34. The first-order valence-electron chi connectivity index (χ1n) is 4.16. The van der Waals surface area contributed by atoms with Crippen molar-refractivity contribution in [1.82, 2.24) is 0 Å². The largest absolute Gasteiger partial charge is 0.478 e. The lowest BCUT2D eigenvalue weighted by Crippen LogP contribution is -2.09. The van der Waals surface area contributed by atoms with Crippen LogP contribution >= 0.6 is 12.6 Å². The lowest BCUT2D eigenvalue weighted by atomic mass is 9.99. The number of benzene rings is 1. The minimum Gasteiger partial charge on any atom is -0.478 e. The van der Waals surface area contributed by atoms with Gasteiger partial charge in [-0.3, -0.25) is 0 Å². The molecule has 0 radical (unpaired) electrons. The fourth-order valence-corrected chi connectivity index (χ4v) is 1.75. The highest BCUT2D eigenvalue weighted by atomic mass is 32.1. The number of thiol groups is 1. The maximum absolute atomic E-state index is 10.9. The molecule has 0 spiro atoms. The Bertz CT molecular complexity index is 451. The van der Waals surface area contributed by atoms with E-state index in [2.05, 4.69) is 12.6 Å². The molecule has 0 saturated carbocycles. The van der Waals surface area contributed by atoms with Crippen LogP contribution in [-0.2, 0) is 0 Å². The van der Waals surface area contributed by atoms with Crippen molar-refractivity contribution in [3.63, 3.8) is 0 Å². The highest BCUT2D eigenvalue weighted by Gasteiger charge is 2.19. The number of carboxylic acids is 2. The Balaban J connectivity index is 3.63. The van der Waals surface area contributed by atoms with Crippen molar-refractivity contribution in [3.8, 4) is 0 Å². The van der Waals surface area contributed by atoms with Crippen molar-refractivity contribution in [1.29, 1.82) is 0 Å². The number of carbonyl (C=O) groups is 2. The number of hydrogen-bond donors (Lipinski definition) is 3. The van der Waals surface area contributed by atoms with Gasteiger partial charge < -0.3 is 10.2 Å². The van der Waals surface area contributed by atoms with Crippen molar-refractivity contribution in [3.05, 3.63) is 28.3 Å². The zero-order chi connectivity index (χ0) is 11.7. The van der Waals surface area contributed by atoms with Gasteiger partial charge in [-0.05, 0) is 31.0 Å². The predicted octanol–water partition coefficient (Wildman–Crippen LogP) is 1.99. The first kappa shape index (κ1) is 11.6. The van der Waals surface area contributed by atoms with Gasteiger partial charge in [-0.1, -0.05) is 0 Å². The van der Waals surface area contributed by atoms with Crippen LogP contribution in [0, 0.1) is 13.8 Å². The summed E-state index contributed by atoms with van der Waals surface area (Å²) >= 11 is 3.95. The Kier molecular flexibility index (Phi) is 3.04. The monoisotopic (exact) mass is 226 g/mol. The molecular weight excluding hydrogens is 216 g/mol. The second kappa shape index (κ2) is 3.94. The Morgan fingerprint density at radius 3 is 2.13 bits per heavy atom. The van der Waals surface area contributed by atoms with Crippen LogP contribution in [-0.4, -0.2) is 22.2 Å². The minimum atomic E-state index is -1.18. The van der Waals surface area contributed by atoms with E-state index in [1.165, 1.54) is 6.07 Å². The predicted molar refractivity (Wildman–Crippen MR) is 57.1 cm³/mol. The van der Waals surface area contributed by atoms with Gasteiger partial charge >= 0.3 is 11.9 Å². The Hall–Kier alpha value is -1.49. The molecule has 0 aliphatic rings. The molecule has 80 valence electrons. The zero-order valence-electron chi connectivity index (χ0n) is 8.24. The van der Waals surface area contributed by atoms with Gasteiger partial charge in [0.15, 0.2) is 0 Å². The summed E-state index contributed by atoms with van der Waals surface area (Å²) in [7, 11) is 0. The van der Waals surface area contributed by atoms with E-state index in [-0.39, 0.29) is 16.0 Å². The van der Waals surface area contributed by atoms with Gasteiger partial charge in [0.05, 0.1) is 11.1 Å². The summed E-state index contributed by atoms with van der Waals surface area (Å²) in [6.07, 6.45) is 0. The summed E-state index contributed by atoms with van der Waals surface area (Å²) in [5.41, 5.74) is 1.04. The van der Waals surface area contributed by atoms with Crippen LogP contribution < -0.4 is 0 Å². The van der Waals surface area contributed by atoms with E-state index >= 15 is 0 Å². The van der Waals surface area contributed by atoms with Crippen LogP contribution in [0.5, 0.6) is 0 Å². The summed E-state index contributed by atoms with van der Waals surface area (Å²) in [6, 6.07) is 1.42. The fraction of sp³-hybridized carbons (Fsp3) is 0.200. The molecule has 1 rings (SSSR count). The fourth-order valence-electron chi connectivity index (χ4n) is 1.33. The molecule has 0 aliphatic heterocycles. The summed E-state index contributed by atoms with van der Waals surface area (Å²) in [5, 5.41) is 17.8. The first-order chi connectivity index (χ1) is 6.86. The van der Waals surface area contributed by atoms with Crippen molar-refractivity contribution in [2.75, 3.05) is 0 Å². The Morgan fingerprint density at radius 2 is 1.73 bits per heavy atom. The lowest BCUT2D eigenvalue weighted by molar-refractivity contribution is 0.0690.